The average molecular weight is 477 g/mol. The molecule has 4 aromatic rings. The molecule has 1 atom stereocenters. The van der Waals surface area contributed by atoms with Gasteiger partial charge in [-0.3, -0.25) is 4.98 Å². The predicted molar refractivity (Wildman–Crippen MR) is 122 cm³/mol. The Labute approximate surface area is 188 Å². The van der Waals surface area contributed by atoms with Crippen molar-refractivity contribution in [2.75, 3.05) is 13.2 Å². The molecule has 2 aliphatic heterocycles. The first-order valence-corrected chi connectivity index (χ1v) is 11.4. The number of hydrogen-bond donors (Lipinski definition) is 0. The number of esters is 1. The summed E-state index contributed by atoms with van der Waals surface area (Å²) in [5.74, 6) is 0.174. The molecule has 0 unspecified atom stereocenters. The maximum atomic E-state index is 12.4. The molecule has 1 saturated heterocycles. The first-order valence-electron chi connectivity index (χ1n) is 10.6. The number of fused-ring (bicyclic) bond motifs is 5. The van der Waals surface area contributed by atoms with Gasteiger partial charge in [0, 0.05) is 34.8 Å². The maximum absolute atomic E-state index is 12.4. The molecule has 2 aliphatic rings. The summed E-state index contributed by atoms with van der Waals surface area (Å²) < 4.78 is 14.5. The van der Waals surface area contributed by atoms with Crippen LogP contribution in [0.3, 0.4) is 0 Å². The van der Waals surface area contributed by atoms with Crippen molar-refractivity contribution in [2.45, 2.75) is 25.5 Å². The van der Waals surface area contributed by atoms with Crippen LogP contribution in [0.15, 0.2) is 59.2 Å². The Morgan fingerprint density at radius 3 is 2.71 bits per heavy atom. The highest BCUT2D eigenvalue weighted by molar-refractivity contribution is 9.10. The Kier molecular flexibility index (Phi) is 4.58. The van der Waals surface area contributed by atoms with E-state index in [0.29, 0.717) is 18.1 Å². The van der Waals surface area contributed by atoms with Crippen molar-refractivity contribution in [3.63, 3.8) is 0 Å². The van der Waals surface area contributed by atoms with Crippen LogP contribution in [0.4, 0.5) is 0 Å². The van der Waals surface area contributed by atoms with Gasteiger partial charge in [-0.25, -0.2) is 4.79 Å². The number of rotatable bonds is 3. The van der Waals surface area contributed by atoms with Crippen LogP contribution in [0.1, 0.15) is 40.4 Å². The molecule has 31 heavy (non-hydrogen) atoms. The zero-order valence-corrected chi connectivity index (χ0v) is 18.5. The Bertz CT molecular complexity index is 1310. The van der Waals surface area contributed by atoms with Gasteiger partial charge < -0.3 is 14.0 Å². The SMILES string of the molecule is O=C1OCc2c1ccc1c3ncc(Br)cc3n([C@H](c3ccccc3)C3CCOCC3)c21. The first kappa shape index (κ1) is 19.0. The number of carbonyl (C=O) groups excluding carboxylic acids is 1. The largest absolute Gasteiger partial charge is 0.457 e. The number of nitrogens with zero attached hydrogens (tertiary/aromatic N) is 2. The fraction of sp³-hybridized carbons (Fsp3) is 0.280. The zero-order chi connectivity index (χ0) is 20.9. The fourth-order valence-corrected chi connectivity index (χ4v) is 5.52. The summed E-state index contributed by atoms with van der Waals surface area (Å²) in [6.07, 6.45) is 3.83. The summed E-state index contributed by atoms with van der Waals surface area (Å²) in [6, 6.07) is 16.8. The van der Waals surface area contributed by atoms with Crippen molar-refractivity contribution in [1.29, 1.82) is 0 Å². The number of hydrogen-bond acceptors (Lipinski definition) is 4. The molecule has 2 aromatic heterocycles. The molecule has 2 aromatic carbocycles. The van der Waals surface area contributed by atoms with Gasteiger partial charge in [0.25, 0.3) is 0 Å². The minimum atomic E-state index is -0.245. The van der Waals surface area contributed by atoms with Crippen molar-refractivity contribution in [3.05, 3.63) is 75.9 Å². The highest BCUT2D eigenvalue weighted by Crippen LogP contribution is 2.43. The molecule has 156 valence electrons. The first-order chi connectivity index (χ1) is 15.2. The smallest absolute Gasteiger partial charge is 0.338 e. The summed E-state index contributed by atoms with van der Waals surface area (Å²) >= 11 is 3.62. The van der Waals surface area contributed by atoms with Crippen LogP contribution in [0.25, 0.3) is 21.9 Å². The van der Waals surface area contributed by atoms with E-state index in [9.17, 15) is 4.79 Å². The molecular weight excluding hydrogens is 456 g/mol. The van der Waals surface area contributed by atoms with Gasteiger partial charge in [-0.15, -0.1) is 0 Å². The van der Waals surface area contributed by atoms with E-state index in [4.69, 9.17) is 14.5 Å². The van der Waals surface area contributed by atoms with E-state index < -0.39 is 0 Å². The number of ether oxygens (including phenoxy) is 2. The molecule has 1 fully saturated rings. The van der Waals surface area contributed by atoms with Crippen molar-refractivity contribution in [1.82, 2.24) is 9.55 Å². The van der Waals surface area contributed by atoms with Crippen molar-refractivity contribution in [3.8, 4) is 0 Å². The third kappa shape index (κ3) is 3.00. The number of pyridine rings is 1. The number of aromatic nitrogens is 2. The monoisotopic (exact) mass is 476 g/mol. The number of carbonyl (C=O) groups is 1. The van der Waals surface area contributed by atoms with Gasteiger partial charge >= 0.3 is 5.97 Å². The molecule has 0 bridgehead atoms. The van der Waals surface area contributed by atoms with Crippen LogP contribution in [-0.4, -0.2) is 28.7 Å². The lowest BCUT2D eigenvalue weighted by Crippen LogP contribution is -2.27. The quantitative estimate of drug-likeness (QED) is 0.359. The van der Waals surface area contributed by atoms with E-state index in [-0.39, 0.29) is 12.0 Å². The summed E-state index contributed by atoms with van der Waals surface area (Å²) in [6.45, 7) is 1.85. The maximum Gasteiger partial charge on any atom is 0.338 e. The van der Waals surface area contributed by atoms with E-state index in [0.717, 1.165) is 58.0 Å². The third-order valence-corrected chi connectivity index (χ3v) is 7.01. The second-order valence-electron chi connectivity index (χ2n) is 8.26. The molecule has 0 saturated carbocycles. The molecule has 5 nitrogen and oxygen atoms in total. The minimum Gasteiger partial charge on any atom is -0.457 e. The van der Waals surface area contributed by atoms with Crippen molar-refractivity contribution < 1.29 is 14.3 Å². The van der Waals surface area contributed by atoms with Crippen LogP contribution >= 0.6 is 15.9 Å². The van der Waals surface area contributed by atoms with Crippen LogP contribution in [0, 0.1) is 5.92 Å². The highest BCUT2D eigenvalue weighted by Gasteiger charge is 2.33. The predicted octanol–water partition coefficient (Wildman–Crippen LogP) is 5.64. The lowest BCUT2D eigenvalue weighted by atomic mass is 9.86. The Morgan fingerprint density at radius 1 is 1.10 bits per heavy atom. The Morgan fingerprint density at radius 2 is 1.90 bits per heavy atom. The van der Waals surface area contributed by atoms with E-state index in [1.54, 1.807) is 0 Å². The molecule has 0 N–H and O–H groups in total. The van der Waals surface area contributed by atoms with Gasteiger partial charge in [-0.2, -0.15) is 0 Å². The molecule has 0 aliphatic carbocycles. The second-order valence-corrected chi connectivity index (χ2v) is 9.18. The molecule has 0 spiro atoms. The van der Waals surface area contributed by atoms with Gasteiger partial charge in [0.2, 0.25) is 0 Å². The molecule has 4 heterocycles. The summed E-state index contributed by atoms with van der Waals surface area (Å²) in [5.41, 5.74) is 5.96. The van der Waals surface area contributed by atoms with E-state index in [2.05, 4.69) is 56.9 Å². The molecule has 6 rings (SSSR count). The molecule has 0 radical (unpaired) electrons. The Hall–Kier alpha value is -2.70. The van der Waals surface area contributed by atoms with E-state index in [1.165, 1.54) is 5.56 Å². The van der Waals surface area contributed by atoms with Gasteiger partial charge in [0.05, 0.1) is 28.2 Å². The van der Waals surface area contributed by atoms with Crippen molar-refractivity contribution in [2.24, 2.45) is 5.92 Å². The molecular formula is C25H21BrN2O3. The summed E-state index contributed by atoms with van der Waals surface area (Å²) in [7, 11) is 0. The van der Waals surface area contributed by atoms with Gasteiger partial charge in [-0.05, 0) is 58.5 Å². The number of benzene rings is 2. The Balaban J connectivity index is 1.72. The normalized spacial score (nSPS) is 17.8. The van der Waals surface area contributed by atoms with Crippen LogP contribution in [0.5, 0.6) is 0 Å². The minimum absolute atomic E-state index is 0.114. The second kappa shape index (κ2) is 7.46. The molecule has 6 heteroatoms. The van der Waals surface area contributed by atoms with E-state index >= 15 is 0 Å². The summed E-state index contributed by atoms with van der Waals surface area (Å²) in [5, 5.41) is 1.06. The van der Waals surface area contributed by atoms with Crippen LogP contribution in [0.2, 0.25) is 0 Å². The topological polar surface area (TPSA) is 53.3 Å². The fourth-order valence-electron chi connectivity index (χ4n) is 5.20. The van der Waals surface area contributed by atoms with Gasteiger partial charge in [0.15, 0.2) is 0 Å². The standard InChI is InChI=1S/C25H21BrN2O3/c26-17-12-21-22(27-13-17)19-7-6-18-20(14-31-25(18)29)24(19)28(21)23(15-4-2-1-3-5-15)16-8-10-30-11-9-16/h1-7,12-13,16,23H,8-11,14H2/t23-/m1/s1. The lowest BCUT2D eigenvalue weighted by Gasteiger charge is -2.33. The average Bonchev–Trinajstić information content (AvgIpc) is 3.33. The van der Waals surface area contributed by atoms with Gasteiger partial charge in [0.1, 0.15) is 6.61 Å². The number of cyclic esters (lactones) is 1. The zero-order valence-electron chi connectivity index (χ0n) is 16.9. The van der Waals surface area contributed by atoms with Crippen LogP contribution in [-0.2, 0) is 16.1 Å². The van der Waals surface area contributed by atoms with Gasteiger partial charge in [-0.1, -0.05) is 30.3 Å². The molecule has 0 amide bonds. The van der Waals surface area contributed by atoms with E-state index in [1.807, 2.05) is 18.3 Å². The lowest BCUT2D eigenvalue weighted by molar-refractivity contribution is 0.0532. The summed E-state index contributed by atoms with van der Waals surface area (Å²) in [4.78, 5) is 17.1. The number of halogens is 1. The highest BCUT2D eigenvalue weighted by atomic mass is 79.9. The van der Waals surface area contributed by atoms with Crippen LogP contribution < -0.4 is 0 Å². The third-order valence-electron chi connectivity index (χ3n) is 6.57. The van der Waals surface area contributed by atoms with Crippen molar-refractivity contribution >= 4 is 43.8 Å².